The van der Waals surface area contributed by atoms with Gasteiger partial charge in [0.05, 0.1) is 13.2 Å². The highest BCUT2D eigenvalue weighted by atomic mass is 16.5. The van der Waals surface area contributed by atoms with E-state index in [1.54, 1.807) is 7.11 Å². The van der Waals surface area contributed by atoms with Crippen molar-refractivity contribution in [2.45, 2.75) is 26.2 Å². The third-order valence-corrected chi connectivity index (χ3v) is 3.42. The van der Waals surface area contributed by atoms with E-state index in [9.17, 15) is 0 Å². The van der Waals surface area contributed by atoms with E-state index in [1.165, 1.54) is 5.56 Å². The fourth-order valence-electron chi connectivity index (χ4n) is 2.04. The lowest BCUT2D eigenvalue weighted by Crippen LogP contribution is -2.33. The molecular weight excluding hydrogens is 266 g/mol. The van der Waals surface area contributed by atoms with Crippen LogP contribution in [0, 0.1) is 0 Å². The number of rotatable bonds is 9. The summed E-state index contributed by atoms with van der Waals surface area (Å²) in [6.45, 7) is 10.3. The van der Waals surface area contributed by atoms with E-state index < -0.39 is 0 Å². The molecule has 1 N–H and O–H groups in total. The Hall–Kier alpha value is -1.10. The van der Waals surface area contributed by atoms with Gasteiger partial charge in [-0.15, -0.1) is 0 Å². The lowest BCUT2D eigenvalue weighted by atomic mass is 9.87. The average molecular weight is 295 g/mol. The van der Waals surface area contributed by atoms with Crippen molar-refractivity contribution in [3.8, 4) is 5.75 Å². The van der Waals surface area contributed by atoms with Crippen LogP contribution in [0.4, 0.5) is 0 Å². The van der Waals surface area contributed by atoms with Gasteiger partial charge in [0.1, 0.15) is 12.4 Å². The molecule has 0 aliphatic heterocycles. The number of hydrogen-bond acceptors (Lipinski definition) is 4. The van der Waals surface area contributed by atoms with Crippen LogP contribution in [0.25, 0.3) is 0 Å². The second kappa shape index (κ2) is 9.03. The highest BCUT2D eigenvalue weighted by Crippen LogP contribution is 2.24. The zero-order valence-corrected chi connectivity index (χ0v) is 13.8. The van der Waals surface area contributed by atoms with E-state index in [0.717, 1.165) is 18.8 Å². The first-order valence-electron chi connectivity index (χ1n) is 7.53. The minimum Gasteiger partial charge on any atom is -0.492 e. The van der Waals surface area contributed by atoms with Crippen LogP contribution in [0.3, 0.4) is 0 Å². The summed E-state index contributed by atoms with van der Waals surface area (Å²) in [5, 5.41) is 9.04. The molecule has 0 fully saturated rings. The van der Waals surface area contributed by atoms with Crippen molar-refractivity contribution in [2.75, 3.05) is 46.6 Å². The van der Waals surface area contributed by atoms with Gasteiger partial charge >= 0.3 is 0 Å². The fraction of sp³-hybridized carbons (Fsp3) is 0.647. The van der Waals surface area contributed by atoms with Crippen LogP contribution in [0.15, 0.2) is 24.3 Å². The summed E-state index contributed by atoms with van der Waals surface area (Å²) >= 11 is 0. The Bertz CT molecular complexity index is 384. The summed E-state index contributed by atoms with van der Waals surface area (Å²) in [5.41, 5.74) is 1.47. The normalized spacial score (nSPS) is 11.9. The molecule has 120 valence electrons. The third kappa shape index (κ3) is 6.93. The molecule has 4 heteroatoms. The minimum atomic E-state index is 0.157. The van der Waals surface area contributed by atoms with Crippen LogP contribution < -0.4 is 4.74 Å². The molecule has 1 aromatic carbocycles. The number of methoxy groups -OCH3 is 1. The van der Waals surface area contributed by atoms with Gasteiger partial charge in [0.25, 0.3) is 0 Å². The molecule has 0 atom stereocenters. The molecule has 0 unspecified atom stereocenters. The maximum atomic E-state index is 9.04. The molecule has 21 heavy (non-hydrogen) atoms. The van der Waals surface area contributed by atoms with E-state index in [2.05, 4.69) is 37.8 Å². The van der Waals surface area contributed by atoms with Crippen LogP contribution >= 0.6 is 0 Å². The Kier molecular flexibility index (Phi) is 7.72. The van der Waals surface area contributed by atoms with Gasteiger partial charge in [-0.3, -0.25) is 4.90 Å². The lowest BCUT2D eigenvalue weighted by Gasteiger charge is -2.21. The molecule has 0 heterocycles. The minimum absolute atomic E-state index is 0.157. The van der Waals surface area contributed by atoms with E-state index in [4.69, 9.17) is 14.6 Å². The van der Waals surface area contributed by atoms with E-state index in [1.807, 2.05) is 12.1 Å². The van der Waals surface area contributed by atoms with Gasteiger partial charge < -0.3 is 14.6 Å². The van der Waals surface area contributed by atoms with Crippen LogP contribution in [0.1, 0.15) is 26.3 Å². The first-order valence-corrected chi connectivity index (χ1v) is 7.53. The number of hydrogen-bond donors (Lipinski definition) is 1. The largest absolute Gasteiger partial charge is 0.492 e. The second-order valence-electron chi connectivity index (χ2n) is 6.18. The maximum absolute atomic E-state index is 9.04. The van der Waals surface area contributed by atoms with Gasteiger partial charge in [-0.25, -0.2) is 0 Å². The molecule has 0 aliphatic carbocycles. The Morgan fingerprint density at radius 3 is 2.14 bits per heavy atom. The van der Waals surface area contributed by atoms with Crippen molar-refractivity contribution < 1.29 is 14.6 Å². The topological polar surface area (TPSA) is 41.9 Å². The number of nitrogens with zero attached hydrogens (tertiary/aromatic N) is 1. The summed E-state index contributed by atoms with van der Waals surface area (Å²) in [4.78, 5) is 2.13. The van der Waals surface area contributed by atoms with Crippen molar-refractivity contribution in [2.24, 2.45) is 0 Å². The molecule has 0 amide bonds. The molecule has 1 aromatic rings. The van der Waals surface area contributed by atoms with Crippen LogP contribution in [0.2, 0.25) is 0 Å². The fourth-order valence-corrected chi connectivity index (χ4v) is 2.04. The van der Waals surface area contributed by atoms with Gasteiger partial charge in [0.15, 0.2) is 0 Å². The van der Waals surface area contributed by atoms with Crippen LogP contribution in [-0.2, 0) is 10.2 Å². The van der Waals surface area contributed by atoms with Gasteiger partial charge in [-0.1, -0.05) is 32.9 Å². The molecular formula is C17H29NO3. The predicted molar refractivity (Wildman–Crippen MR) is 86.0 cm³/mol. The monoisotopic (exact) mass is 295 g/mol. The number of aliphatic hydroxyl groups is 1. The SMILES string of the molecule is COCCN(CCO)CCOc1ccc(C(C)(C)C)cc1. The quantitative estimate of drug-likeness (QED) is 0.759. The Morgan fingerprint density at radius 1 is 1.00 bits per heavy atom. The zero-order chi connectivity index (χ0) is 15.7. The van der Waals surface area contributed by atoms with Crippen molar-refractivity contribution in [1.82, 2.24) is 4.90 Å². The molecule has 0 saturated heterocycles. The lowest BCUT2D eigenvalue weighted by molar-refractivity contribution is 0.118. The van der Waals surface area contributed by atoms with E-state index in [-0.39, 0.29) is 12.0 Å². The Balaban J connectivity index is 2.40. The van der Waals surface area contributed by atoms with Crippen molar-refractivity contribution >= 4 is 0 Å². The summed E-state index contributed by atoms with van der Waals surface area (Å²) in [7, 11) is 1.68. The predicted octanol–water partition coefficient (Wildman–Crippen LogP) is 2.30. The summed E-state index contributed by atoms with van der Waals surface area (Å²) < 4.78 is 10.8. The molecule has 0 radical (unpaired) electrons. The highest BCUT2D eigenvalue weighted by Gasteiger charge is 2.13. The molecule has 0 aromatic heterocycles. The Labute approximate surface area is 128 Å². The van der Waals surface area contributed by atoms with Gasteiger partial charge in [0, 0.05) is 26.7 Å². The van der Waals surface area contributed by atoms with E-state index >= 15 is 0 Å². The van der Waals surface area contributed by atoms with Gasteiger partial charge in [-0.2, -0.15) is 0 Å². The summed E-state index contributed by atoms with van der Waals surface area (Å²) in [6, 6.07) is 8.27. The number of aliphatic hydroxyl groups excluding tert-OH is 1. The molecule has 4 nitrogen and oxygen atoms in total. The second-order valence-corrected chi connectivity index (χ2v) is 6.18. The molecule has 1 rings (SSSR count). The van der Waals surface area contributed by atoms with Crippen molar-refractivity contribution in [3.63, 3.8) is 0 Å². The summed E-state index contributed by atoms with van der Waals surface area (Å²) in [5.74, 6) is 0.888. The molecule has 0 saturated carbocycles. The van der Waals surface area contributed by atoms with Gasteiger partial charge in [0.2, 0.25) is 0 Å². The van der Waals surface area contributed by atoms with Crippen LogP contribution in [0.5, 0.6) is 5.75 Å². The molecule has 0 spiro atoms. The third-order valence-electron chi connectivity index (χ3n) is 3.42. The average Bonchev–Trinajstić information content (AvgIpc) is 2.44. The molecule has 0 aliphatic rings. The van der Waals surface area contributed by atoms with Crippen molar-refractivity contribution in [3.05, 3.63) is 29.8 Å². The van der Waals surface area contributed by atoms with E-state index in [0.29, 0.717) is 19.8 Å². The smallest absolute Gasteiger partial charge is 0.119 e. The first kappa shape index (κ1) is 18.0. The standard InChI is InChI=1S/C17H29NO3/c1-17(2,3)15-5-7-16(8-6-15)21-14-11-18(9-12-19)10-13-20-4/h5-8,19H,9-14H2,1-4H3. The summed E-state index contributed by atoms with van der Waals surface area (Å²) in [6.07, 6.45) is 0. The maximum Gasteiger partial charge on any atom is 0.119 e. The van der Waals surface area contributed by atoms with Gasteiger partial charge in [-0.05, 0) is 23.1 Å². The van der Waals surface area contributed by atoms with Crippen LogP contribution in [-0.4, -0.2) is 56.6 Å². The van der Waals surface area contributed by atoms with Crippen molar-refractivity contribution in [1.29, 1.82) is 0 Å². The Morgan fingerprint density at radius 2 is 1.62 bits per heavy atom. The number of benzene rings is 1. The number of ether oxygens (including phenoxy) is 2. The highest BCUT2D eigenvalue weighted by molar-refractivity contribution is 5.31. The molecule has 0 bridgehead atoms. The zero-order valence-electron chi connectivity index (χ0n) is 13.8. The first-order chi connectivity index (χ1) is 9.97.